The second-order valence-corrected chi connectivity index (χ2v) is 7.42. The predicted molar refractivity (Wildman–Crippen MR) is 109 cm³/mol. The molecule has 8 heteroatoms. The van der Waals surface area contributed by atoms with Crippen LogP contribution in [0.15, 0.2) is 41.0 Å². The van der Waals surface area contributed by atoms with E-state index in [0.29, 0.717) is 42.6 Å². The fourth-order valence-corrected chi connectivity index (χ4v) is 3.38. The number of unbranched alkanes of at least 4 members (excludes halogenated alkanes) is 1. The zero-order valence-electron chi connectivity index (χ0n) is 15.5. The van der Waals surface area contributed by atoms with Gasteiger partial charge in [0.25, 0.3) is 5.91 Å². The number of rotatable bonds is 6. The minimum absolute atomic E-state index is 0.113. The summed E-state index contributed by atoms with van der Waals surface area (Å²) >= 11 is 3.51. The summed E-state index contributed by atoms with van der Waals surface area (Å²) in [4.78, 5) is 21.1. The van der Waals surface area contributed by atoms with Gasteiger partial charge in [0.15, 0.2) is 5.82 Å². The fraction of sp³-hybridized carbons (Fsp3) is 0.300. The highest BCUT2D eigenvalue weighted by atomic mass is 79.9. The average molecular weight is 442 g/mol. The number of hydrogen-bond donors (Lipinski definition) is 1. The molecule has 7 nitrogen and oxygen atoms in total. The molecule has 28 heavy (non-hydrogen) atoms. The second-order valence-electron chi connectivity index (χ2n) is 6.50. The molecule has 0 bridgehead atoms. The van der Waals surface area contributed by atoms with Crippen LogP contribution in [0, 0.1) is 0 Å². The van der Waals surface area contributed by atoms with Gasteiger partial charge in [0, 0.05) is 17.2 Å². The lowest BCUT2D eigenvalue weighted by Gasteiger charge is -2.13. The quantitative estimate of drug-likeness (QED) is 0.589. The molecule has 0 spiro atoms. The molecule has 3 heterocycles. The number of ether oxygens (including phenoxy) is 1. The van der Waals surface area contributed by atoms with Crippen LogP contribution in [0.1, 0.15) is 30.3 Å². The standard InChI is InChI=1S/C20H20BrN5O2/c1-2-3-10-28-18-5-4-13(21)11-14(18)19-22-7-6-15(24-19)16-12-17-20(27)23-8-9-26(17)25-16/h4-7,11-12H,2-3,8-10H2,1H3,(H,23,27). The molecule has 1 aliphatic rings. The summed E-state index contributed by atoms with van der Waals surface area (Å²) in [6.07, 6.45) is 3.75. The second kappa shape index (κ2) is 8.10. The number of hydrogen-bond acceptors (Lipinski definition) is 5. The Morgan fingerprint density at radius 1 is 1.25 bits per heavy atom. The van der Waals surface area contributed by atoms with Crippen molar-refractivity contribution in [1.29, 1.82) is 0 Å². The van der Waals surface area contributed by atoms with Gasteiger partial charge in [-0.1, -0.05) is 29.3 Å². The van der Waals surface area contributed by atoms with E-state index in [1.807, 2.05) is 18.2 Å². The van der Waals surface area contributed by atoms with Crippen LogP contribution < -0.4 is 10.1 Å². The Balaban J connectivity index is 1.70. The minimum Gasteiger partial charge on any atom is -0.493 e. The molecular weight excluding hydrogens is 422 g/mol. The van der Waals surface area contributed by atoms with Gasteiger partial charge in [-0.05, 0) is 36.8 Å². The molecule has 0 radical (unpaired) electrons. The predicted octanol–water partition coefficient (Wildman–Crippen LogP) is 3.69. The Labute approximate surface area is 171 Å². The number of halogens is 1. The van der Waals surface area contributed by atoms with Gasteiger partial charge in [0.05, 0.1) is 24.4 Å². The molecule has 3 aromatic rings. The summed E-state index contributed by atoms with van der Waals surface area (Å²) < 4.78 is 8.58. The van der Waals surface area contributed by atoms with Crippen LogP contribution in [0.4, 0.5) is 0 Å². The van der Waals surface area contributed by atoms with Gasteiger partial charge in [-0.15, -0.1) is 0 Å². The molecular formula is C20H20BrN5O2. The lowest BCUT2D eigenvalue weighted by molar-refractivity contribution is 0.0924. The van der Waals surface area contributed by atoms with Crippen LogP contribution in [-0.4, -0.2) is 38.8 Å². The van der Waals surface area contributed by atoms with Gasteiger partial charge in [0.1, 0.15) is 17.1 Å². The van der Waals surface area contributed by atoms with Crippen LogP contribution in [0.3, 0.4) is 0 Å². The zero-order chi connectivity index (χ0) is 19.5. The van der Waals surface area contributed by atoms with Crippen molar-refractivity contribution in [3.8, 4) is 28.5 Å². The van der Waals surface area contributed by atoms with Crippen molar-refractivity contribution in [2.45, 2.75) is 26.3 Å². The summed E-state index contributed by atoms with van der Waals surface area (Å²) in [6, 6.07) is 9.37. The summed E-state index contributed by atoms with van der Waals surface area (Å²) in [7, 11) is 0. The first-order valence-electron chi connectivity index (χ1n) is 9.28. The Kier molecular flexibility index (Phi) is 5.38. The highest BCUT2D eigenvalue weighted by molar-refractivity contribution is 9.10. The zero-order valence-corrected chi connectivity index (χ0v) is 17.1. The molecule has 0 atom stereocenters. The molecule has 144 valence electrons. The number of carbonyl (C=O) groups is 1. The van der Waals surface area contributed by atoms with E-state index in [9.17, 15) is 4.79 Å². The third-order valence-corrected chi connectivity index (χ3v) is 4.97. The van der Waals surface area contributed by atoms with Crippen LogP contribution in [0.25, 0.3) is 22.8 Å². The van der Waals surface area contributed by atoms with Crippen LogP contribution >= 0.6 is 15.9 Å². The molecule has 1 aliphatic heterocycles. The van der Waals surface area contributed by atoms with Gasteiger partial charge in [-0.25, -0.2) is 9.97 Å². The molecule has 0 aliphatic carbocycles. The van der Waals surface area contributed by atoms with E-state index in [2.05, 4.69) is 38.3 Å². The largest absolute Gasteiger partial charge is 0.493 e. The van der Waals surface area contributed by atoms with Crippen molar-refractivity contribution in [2.75, 3.05) is 13.2 Å². The van der Waals surface area contributed by atoms with Gasteiger partial charge in [-0.3, -0.25) is 9.48 Å². The third kappa shape index (κ3) is 3.77. The molecule has 0 fully saturated rings. The Morgan fingerprint density at radius 2 is 2.14 bits per heavy atom. The molecule has 0 unspecified atom stereocenters. The summed E-state index contributed by atoms with van der Waals surface area (Å²) in [6.45, 7) is 4.01. The van der Waals surface area contributed by atoms with Gasteiger partial charge in [0.2, 0.25) is 0 Å². The van der Waals surface area contributed by atoms with Crippen molar-refractivity contribution < 1.29 is 9.53 Å². The number of nitrogens with zero attached hydrogens (tertiary/aromatic N) is 4. The lowest BCUT2D eigenvalue weighted by atomic mass is 10.1. The van der Waals surface area contributed by atoms with Crippen molar-refractivity contribution in [3.05, 3.63) is 46.7 Å². The highest BCUT2D eigenvalue weighted by Gasteiger charge is 2.21. The average Bonchev–Trinajstić information content (AvgIpc) is 3.15. The molecule has 1 aromatic carbocycles. The summed E-state index contributed by atoms with van der Waals surface area (Å²) in [5, 5.41) is 7.36. The van der Waals surface area contributed by atoms with Crippen molar-refractivity contribution >= 4 is 21.8 Å². The summed E-state index contributed by atoms with van der Waals surface area (Å²) in [5.41, 5.74) is 2.68. The number of nitrogens with one attached hydrogen (secondary N) is 1. The normalized spacial score (nSPS) is 13.1. The number of aromatic nitrogens is 4. The third-order valence-electron chi connectivity index (χ3n) is 4.48. The molecule has 2 aromatic heterocycles. The molecule has 1 N–H and O–H groups in total. The Bertz CT molecular complexity index is 1020. The molecule has 0 saturated carbocycles. The molecule has 0 saturated heterocycles. The van der Waals surface area contributed by atoms with Crippen molar-refractivity contribution in [1.82, 2.24) is 25.1 Å². The first kappa shape index (κ1) is 18.6. The van der Waals surface area contributed by atoms with Crippen molar-refractivity contribution in [2.24, 2.45) is 0 Å². The maximum Gasteiger partial charge on any atom is 0.269 e. The van der Waals surface area contributed by atoms with Crippen LogP contribution in [0.5, 0.6) is 5.75 Å². The van der Waals surface area contributed by atoms with Crippen molar-refractivity contribution in [3.63, 3.8) is 0 Å². The Hall–Kier alpha value is -2.74. The first-order chi connectivity index (χ1) is 13.7. The van der Waals surface area contributed by atoms with E-state index in [0.717, 1.165) is 28.6 Å². The number of fused-ring (bicyclic) bond motifs is 1. The van der Waals surface area contributed by atoms with Gasteiger partial charge in [-0.2, -0.15) is 5.10 Å². The van der Waals surface area contributed by atoms with Gasteiger partial charge >= 0.3 is 0 Å². The van der Waals surface area contributed by atoms with E-state index >= 15 is 0 Å². The lowest BCUT2D eigenvalue weighted by Crippen LogP contribution is -2.35. The minimum atomic E-state index is -0.113. The smallest absolute Gasteiger partial charge is 0.269 e. The van der Waals surface area contributed by atoms with E-state index in [1.54, 1.807) is 23.0 Å². The van der Waals surface area contributed by atoms with E-state index in [-0.39, 0.29) is 5.91 Å². The van der Waals surface area contributed by atoms with Crippen LogP contribution in [0.2, 0.25) is 0 Å². The van der Waals surface area contributed by atoms with E-state index in [4.69, 9.17) is 9.72 Å². The highest BCUT2D eigenvalue weighted by Crippen LogP contribution is 2.32. The number of carbonyl (C=O) groups excluding carboxylic acids is 1. The maximum atomic E-state index is 12.0. The monoisotopic (exact) mass is 441 g/mol. The fourth-order valence-electron chi connectivity index (χ4n) is 3.02. The molecule has 4 rings (SSSR count). The number of benzene rings is 1. The SMILES string of the molecule is CCCCOc1ccc(Br)cc1-c1nccc(-c2cc3n(n2)CCNC3=O)n1. The summed E-state index contributed by atoms with van der Waals surface area (Å²) in [5.74, 6) is 1.19. The molecule has 1 amide bonds. The van der Waals surface area contributed by atoms with Gasteiger partial charge < -0.3 is 10.1 Å². The topological polar surface area (TPSA) is 81.9 Å². The number of amides is 1. The first-order valence-corrected chi connectivity index (χ1v) is 10.1. The van der Waals surface area contributed by atoms with E-state index in [1.165, 1.54) is 0 Å². The Morgan fingerprint density at radius 3 is 2.96 bits per heavy atom. The maximum absolute atomic E-state index is 12.0. The van der Waals surface area contributed by atoms with E-state index < -0.39 is 0 Å². The van der Waals surface area contributed by atoms with Crippen LogP contribution in [-0.2, 0) is 6.54 Å².